The Morgan fingerprint density at radius 1 is 0.929 bits per heavy atom. The van der Waals surface area contributed by atoms with Crippen LogP contribution in [0.5, 0.6) is 0 Å². The zero-order chi connectivity index (χ0) is 19.1. The summed E-state index contributed by atoms with van der Waals surface area (Å²) < 4.78 is 1.85. The number of nitrogens with zero attached hydrogens (tertiary/aromatic N) is 5. The largest absolute Gasteiger partial charge is 0.368 e. The number of benzene rings is 2. The van der Waals surface area contributed by atoms with Crippen molar-refractivity contribution in [2.24, 2.45) is 7.05 Å². The normalized spacial score (nSPS) is 11.2. The Bertz CT molecular complexity index is 1320. The first-order valence-corrected chi connectivity index (χ1v) is 8.84. The molecule has 0 saturated heterocycles. The van der Waals surface area contributed by atoms with E-state index in [-0.39, 0.29) is 5.95 Å². The number of para-hydroxylation sites is 1. The highest BCUT2D eigenvalue weighted by Gasteiger charge is 2.11. The average molecular weight is 367 g/mol. The lowest BCUT2D eigenvalue weighted by atomic mass is 10.1. The molecule has 3 heterocycles. The first kappa shape index (κ1) is 16.2. The second kappa shape index (κ2) is 6.31. The maximum atomic E-state index is 5.85. The zero-order valence-corrected chi connectivity index (χ0v) is 15.2. The number of pyridine rings is 1. The van der Waals surface area contributed by atoms with Crippen LogP contribution in [-0.4, -0.2) is 24.7 Å². The molecule has 5 rings (SSSR count). The van der Waals surface area contributed by atoms with E-state index in [0.717, 1.165) is 38.6 Å². The molecular formula is C21H17N7. The van der Waals surface area contributed by atoms with Gasteiger partial charge < -0.3 is 11.1 Å². The van der Waals surface area contributed by atoms with Crippen molar-refractivity contribution < 1.29 is 0 Å². The monoisotopic (exact) mass is 367 g/mol. The predicted octanol–water partition coefficient (Wildman–Crippen LogP) is 3.90. The lowest BCUT2D eigenvalue weighted by Crippen LogP contribution is -2.02. The minimum atomic E-state index is 0.211. The second-order valence-electron chi connectivity index (χ2n) is 6.57. The summed E-state index contributed by atoms with van der Waals surface area (Å²) in [7, 11) is 1.92. The van der Waals surface area contributed by atoms with E-state index in [1.165, 1.54) is 0 Å². The van der Waals surface area contributed by atoms with E-state index in [0.29, 0.717) is 5.82 Å². The van der Waals surface area contributed by atoms with Crippen LogP contribution in [-0.2, 0) is 7.05 Å². The molecule has 0 aliphatic rings. The summed E-state index contributed by atoms with van der Waals surface area (Å²) in [5.41, 5.74) is 10.5. The third-order valence-electron chi connectivity index (χ3n) is 4.72. The van der Waals surface area contributed by atoms with E-state index in [1.807, 2.05) is 60.4 Å². The lowest BCUT2D eigenvalue weighted by Gasteiger charge is -2.12. The Hall–Kier alpha value is -4.00. The molecule has 0 saturated carbocycles. The molecular weight excluding hydrogens is 350 g/mol. The van der Waals surface area contributed by atoms with Gasteiger partial charge in [0, 0.05) is 29.6 Å². The molecule has 0 radical (unpaired) electrons. The van der Waals surface area contributed by atoms with Crippen LogP contribution >= 0.6 is 0 Å². The number of aromatic nitrogens is 5. The van der Waals surface area contributed by atoms with Crippen molar-refractivity contribution in [2.45, 2.75) is 0 Å². The predicted molar refractivity (Wildman–Crippen MR) is 111 cm³/mol. The van der Waals surface area contributed by atoms with Crippen LogP contribution in [0.1, 0.15) is 0 Å². The molecule has 7 nitrogen and oxygen atoms in total. The van der Waals surface area contributed by atoms with Gasteiger partial charge in [-0.25, -0.2) is 4.98 Å². The fourth-order valence-electron chi connectivity index (χ4n) is 3.31. The molecule has 0 fully saturated rings. The van der Waals surface area contributed by atoms with Crippen molar-refractivity contribution in [1.82, 2.24) is 24.7 Å². The molecule has 3 N–H and O–H groups in total. The Kier molecular flexibility index (Phi) is 3.65. The SMILES string of the molecule is Cn1ncc2cc(-c3cnc(N)nc3Nc3cnc4ccccc4c3)ccc21. The molecule has 28 heavy (non-hydrogen) atoms. The van der Waals surface area contributed by atoms with Gasteiger partial charge >= 0.3 is 0 Å². The van der Waals surface area contributed by atoms with Gasteiger partial charge in [-0.15, -0.1) is 0 Å². The number of hydrogen-bond donors (Lipinski definition) is 2. The van der Waals surface area contributed by atoms with Crippen molar-refractivity contribution in [2.75, 3.05) is 11.1 Å². The Morgan fingerprint density at radius 2 is 1.82 bits per heavy atom. The molecule has 0 aliphatic carbocycles. The number of aryl methyl sites for hydroxylation is 1. The second-order valence-corrected chi connectivity index (χ2v) is 6.57. The van der Waals surface area contributed by atoms with Gasteiger partial charge in [-0.05, 0) is 29.8 Å². The van der Waals surface area contributed by atoms with Gasteiger partial charge in [-0.2, -0.15) is 10.1 Å². The van der Waals surface area contributed by atoms with Crippen LogP contribution in [0.4, 0.5) is 17.5 Å². The fraction of sp³-hybridized carbons (Fsp3) is 0.0476. The van der Waals surface area contributed by atoms with Crippen molar-refractivity contribution in [3.05, 3.63) is 67.1 Å². The Labute approximate surface area is 160 Å². The lowest BCUT2D eigenvalue weighted by molar-refractivity contribution is 0.797. The Morgan fingerprint density at radius 3 is 2.75 bits per heavy atom. The first-order chi connectivity index (χ1) is 13.7. The van der Waals surface area contributed by atoms with E-state index < -0.39 is 0 Å². The molecule has 2 aromatic carbocycles. The summed E-state index contributed by atoms with van der Waals surface area (Å²) in [6.07, 6.45) is 5.36. The number of anilines is 3. The third-order valence-corrected chi connectivity index (χ3v) is 4.72. The van der Waals surface area contributed by atoms with Gasteiger partial charge in [0.1, 0.15) is 5.82 Å². The molecule has 3 aromatic heterocycles. The molecule has 7 heteroatoms. The topological polar surface area (TPSA) is 94.5 Å². The van der Waals surface area contributed by atoms with Gasteiger partial charge in [0.25, 0.3) is 0 Å². The van der Waals surface area contributed by atoms with Crippen molar-refractivity contribution >= 4 is 39.3 Å². The number of nitrogen functional groups attached to an aromatic ring is 1. The number of nitrogens with one attached hydrogen (secondary N) is 1. The first-order valence-electron chi connectivity index (χ1n) is 8.84. The van der Waals surface area contributed by atoms with Gasteiger partial charge in [-0.3, -0.25) is 9.67 Å². The minimum Gasteiger partial charge on any atom is -0.368 e. The summed E-state index contributed by atoms with van der Waals surface area (Å²) in [6, 6.07) is 16.1. The highest BCUT2D eigenvalue weighted by molar-refractivity contribution is 5.88. The Balaban J connectivity index is 1.59. The minimum absolute atomic E-state index is 0.211. The number of hydrogen-bond acceptors (Lipinski definition) is 6. The third kappa shape index (κ3) is 2.79. The standard InChI is InChI=1S/C21H17N7/c1-28-19-7-6-13(8-15(19)10-25-28)17-12-24-21(22)27-20(17)26-16-9-14-4-2-3-5-18(14)23-11-16/h2-12H,1H3,(H3,22,24,26,27). The van der Waals surface area contributed by atoms with E-state index in [9.17, 15) is 0 Å². The van der Waals surface area contributed by atoms with Crippen LogP contribution in [0.2, 0.25) is 0 Å². The van der Waals surface area contributed by atoms with Crippen molar-refractivity contribution in [1.29, 1.82) is 0 Å². The van der Waals surface area contributed by atoms with Gasteiger partial charge in [0.2, 0.25) is 5.95 Å². The van der Waals surface area contributed by atoms with Crippen LogP contribution in [0, 0.1) is 0 Å². The average Bonchev–Trinajstić information content (AvgIpc) is 3.08. The number of rotatable bonds is 3. The maximum absolute atomic E-state index is 5.85. The smallest absolute Gasteiger partial charge is 0.221 e. The highest BCUT2D eigenvalue weighted by Crippen LogP contribution is 2.31. The summed E-state index contributed by atoms with van der Waals surface area (Å²) >= 11 is 0. The summed E-state index contributed by atoms with van der Waals surface area (Å²) in [6.45, 7) is 0. The molecule has 0 aliphatic heterocycles. The van der Waals surface area contributed by atoms with E-state index in [2.05, 4.69) is 31.4 Å². The van der Waals surface area contributed by atoms with Gasteiger partial charge in [0.15, 0.2) is 0 Å². The summed E-state index contributed by atoms with van der Waals surface area (Å²) in [5.74, 6) is 0.843. The molecule has 0 bridgehead atoms. The molecule has 0 unspecified atom stereocenters. The fourth-order valence-corrected chi connectivity index (χ4v) is 3.31. The van der Waals surface area contributed by atoms with E-state index >= 15 is 0 Å². The molecule has 0 amide bonds. The van der Waals surface area contributed by atoms with E-state index in [4.69, 9.17) is 5.73 Å². The number of nitrogens with two attached hydrogens (primary N) is 1. The molecule has 5 aromatic rings. The quantitative estimate of drug-likeness (QED) is 0.502. The molecule has 0 spiro atoms. The van der Waals surface area contributed by atoms with E-state index in [1.54, 1.807) is 12.4 Å². The molecule has 136 valence electrons. The molecule has 0 atom stereocenters. The highest BCUT2D eigenvalue weighted by atomic mass is 15.2. The van der Waals surface area contributed by atoms with Crippen molar-refractivity contribution in [3.63, 3.8) is 0 Å². The van der Waals surface area contributed by atoms with Crippen LogP contribution in [0.3, 0.4) is 0 Å². The maximum Gasteiger partial charge on any atom is 0.221 e. The number of fused-ring (bicyclic) bond motifs is 2. The summed E-state index contributed by atoms with van der Waals surface area (Å²) in [5, 5.41) is 9.75. The van der Waals surface area contributed by atoms with Gasteiger partial charge in [-0.1, -0.05) is 24.3 Å². The van der Waals surface area contributed by atoms with Crippen LogP contribution in [0.15, 0.2) is 67.1 Å². The van der Waals surface area contributed by atoms with Crippen molar-refractivity contribution in [3.8, 4) is 11.1 Å². The van der Waals surface area contributed by atoms with Gasteiger partial charge in [0.05, 0.1) is 29.1 Å². The zero-order valence-electron chi connectivity index (χ0n) is 15.2. The summed E-state index contributed by atoms with van der Waals surface area (Å²) in [4.78, 5) is 13.1. The van der Waals surface area contributed by atoms with Crippen LogP contribution < -0.4 is 11.1 Å². The van der Waals surface area contributed by atoms with Crippen LogP contribution in [0.25, 0.3) is 32.9 Å².